The van der Waals surface area contributed by atoms with Crippen LogP contribution in [0.3, 0.4) is 0 Å². The minimum absolute atomic E-state index is 0.139. The third kappa shape index (κ3) is 2.38. The first kappa shape index (κ1) is 14.0. The normalized spacial score (nSPS) is 17.4. The molecule has 2 aromatic rings. The van der Waals surface area contributed by atoms with Crippen molar-refractivity contribution >= 4 is 50.7 Å². The Kier molecular flexibility index (Phi) is 3.84. The van der Waals surface area contributed by atoms with Crippen molar-refractivity contribution in [3.05, 3.63) is 20.9 Å². The van der Waals surface area contributed by atoms with Crippen LogP contribution < -0.4 is 0 Å². The highest BCUT2D eigenvalue weighted by Gasteiger charge is 2.31. The van der Waals surface area contributed by atoms with Crippen LogP contribution >= 0.6 is 34.5 Å². The first-order valence-corrected chi connectivity index (χ1v) is 7.97. The van der Waals surface area contributed by atoms with Crippen molar-refractivity contribution in [2.24, 2.45) is 0 Å². The maximum atomic E-state index is 11.7. The van der Waals surface area contributed by atoms with Gasteiger partial charge in [-0.15, -0.1) is 11.3 Å². The van der Waals surface area contributed by atoms with Crippen LogP contribution in [0.25, 0.3) is 10.2 Å². The van der Waals surface area contributed by atoms with Crippen LogP contribution in [0.15, 0.2) is 0 Å². The molecule has 0 N–H and O–H groups in total. The van der Waals surface area contributed by atoms with E-state index in [4.69, 9.17) is 27.9 Å². The Morgan fingerprint density at radius 3 is 3.00 bits per heavy atom. The number of fused-ring (bicyclic) bond motifs is 3. The number of carbonyl (C=O) groups is 1. The van der Waals surface area contributed by atoms with Crippen LogP contribution in [0.2, 0.25) is 10.4 Å². The second kappa shape index (κ2) is 5.47. The molecule has 0 unspecified atom stereocenters. The Balaban J connectivity index is 2.01. The molecule has 0 amide bonds. The van der Waals surface area contributed by atoms with Crippen molar-refractivity contribution in [2.75, 3.05) is 6.61 Å². The number of nitrogens with zero attached hydrogens (tertiary/aromatic N) is 2. The summed E-state index contributed by atoms with van der Waals surface area (Å²) in [4.78, 5) is 22.0. The van der Waals surface area contributed by atoms with Gasteiger partial charge < -0.3 is 4.74 Å². The highest BCUT2D eigenvalue weighted by Crippen LogP contribution is 2.46. The third-order valence-corrected chi connectivity index (χ3v) is 5.04. The van der Waals surface area contributed by atoms with E-state index in [1.807, 2.05) is 6.92 Å². The molecule has 2 aromatic heterocycles. The summed E-state index contributed by atoms with van der Waals surface area (Å²) < 4.78 is 5.04. The van der Waals surface area contributed by atoms with E-state index in [0.29, 0.717) is 18.2 Å². The summed E-state index contributed by atoms with van der Waals surface area (Å²) in [6.45, 7) is 2.22. The fourth-order valence-electron chi connectivity index (χ4n) is 2.69. The molecule has 0 saturated carbocycles. The second-order valence-corrected chi connectivity index (χ2v) is 6.43. The summed E-state index contributed by atoms with van der Waals surface area (Å²) in [7, 11) is 0. The van der Waals surface area contributed by atoms with E-state index in [1.54, 1.807) is 11.3 Å². The number of hydrogen-bond acceptors (Lipinski definition) is 5. The van der Waals surface area contributed by atoms with E-state index in [0.717, 1.165) is 28.6 Å². The Morgan fingerprint density at radius 1 is 1.45 bits per heavy atom. The highest BCUT2D eigenvalue weighted by molar-refractivity contribution is 7.19. The second-order valence-electron chi connectivity index (χ2n) is 4.65. The van der Waals surface area contributed by atoms with Crippen LogP contribution in [0.1, 0.15) is 36.1 Å². The molecular formula is C13H12Cl2N2O2S. The van der Waals surface area contributed by atoms with Gasteiger partial charge in [-0.25, -0.2) is 9.97 Å². The maximum absolute atomic E-state index is 11.7. The zero-order chi connectivity index (χ0) is 14.3. The number of halogens is 2. The summed E-state index contributed by atoms with van der Waals surface area (Å²) in [5.41, 5.74) is 1.11. The van der Waals surface area contributed by atoms with Crippen molar-refractivity contribution < 1.29 is 9.53 Å². The van der Waals surface area contributed by atoms with Crippen molar-refractivity contribution in [1.29, 1.82) is 0 Å². The van der Waals surface area contributed by atoms with Crippen LogP contribution in [-0.4, -0.2) is 22.5 Å². The first-order chi connectivity index (χ1) is 9.60. The van der Waals surface area contributed by atoms with E-state index >= 15 is 0 Å². The molecule has 1 aliphatic rings. The standard InChI is InChI=1S/C13H12Cl2N2O2S/c1-2-19-8(18)5-6-3-4-7-9(6)10-11(14)16-13(15)17-12(10)20-7/h6H,2-5H2,1H3/t6-/m1/s1. The molecule has 3 rings (SSSR count). The Hall–Kier alpha value is -0.910. The lowest BCUT2D eigenvalue weighted by Gasteiger charge is -2.10. The molecule has 4 nitrogen and oxygen atoms in total. The number of hydrogen-bond donors (Lipinski definition) is 0. The molecule has 0 aromatic carbocycles. The number of thiophene rings is 1. The predicted octanol–water partition coefficient (Wildman–Crippen LogP) is 3.98. The van der Waals surface area contributed by atoms with Crippen molar-refractivity contribution in [1.82, 2.24) is 9.97 Å². The fraction of sp³-hybridized carbons (Fsp3) is 0.462. The topological polar surface area (TPSA) is 52.1 Å². The molecular weight excluding hydrogens is 319 g/mol. The highest BCUT2D eigenvalue weighted by atomic mass is 35.5. The molecule has 0 fully saturated rings. The van der Waals surface area contributed by atoms with Crippen LogP contribution in [0.5, 0.6) is 0 Å². The molecule has 0 spiro atoms. The minimum atomic E-state index is -0.171. The van der Waals surface area contributed by atoms with Gasteiger partial charge in [0.15, 0.2) is 0 Å². The average molecular weight is 331 g/mol. The van der Waals surface area contributed by atoms with Gasteiger partial charge in [-0.05, 0) is 42.8 Å². The summed E-state index contributed by atoms with van der Waals surface area (Å²) >= 11 is 13.6. The lowest BCUT2D eigenvalue weighted by atomic mass is 9.98. The lowest BCUT2D eigenvalue weighted by Crippen LogP contribution is -2.08. The zero-order valence-corrected chi connectivity index (χ0v) is 13.1. The predicted molar refractivity (Wildman–Crippen MR) is 79.7 cm³/mol. The van der Waals surface area contributed by atoms with Gasteiger partial charge in [-0.2, -0.15) is 0 Å². The molecule has 20 heavy (non-hydrogen) atoms. The Bertz CT molecular complexity index is 687. The summed E-state index contributed by atoms with van der Waals surface area (Å²) in [5.74, 6) is -0.0317. The summed E-state index contributed by atoms with van der Waals surface area (Å²) in [6.07, 6.45) is 2.26. The van der Waals surface area contributed by atoms with Gasteiger partial charge in [0.25, 0.3) is 0 Å². The summed E-state index contributed by atoms with van der Waals surface area (Å²) in [5, 5.41) is 1.38. The molecule has 0 bridgehead atoms. The van der Waals surface area contributed by atoms with Gasteiger partial charge in [0.05, 0.1) is 18.4 Å². The average Bonchev–Trinajstić information content (AvgIpc) is 2.89. The van der Waals surface area contributed by atoms with Gasteiger partial charge in [0.1, 0.15) is 9.98 Å². The quantitative estimate of drug-likeness (QED) is 0.485. The first-order valence-electron chi connectivity index (χ1n) is 6.40. The van der Waals surface area contributed by atoms with E-state index in [-0.39, 0.29) is 17.2 Å². The Morgan fingerprint density at radius 2 is 2.25 bits per heavy atom. The SMILES string of the molecule is CCOC(=O)C[C@H]1CCc2sc3nc(Cl)nc(Cl)c3c21. The molecule has 0 saturated heterocycles. The molecule has 106 valence electrons. The molecule has 1 aliphatic carbocycles. The van der Waals surface area contributed by atoms with Crippen LogP contribution in [0, 0.1) is 0 Å². The van der Waals surface area contributed by atoms with Crippen LogP contribution in [0.4, 0.5) is 0 Å². The molecule has 7 heteroatoms. The van der Waals surface area contributed by atoms with Crippen molar-refractivity contribution in [3.8, 4) is 0 Å². The van der Waals surface area contributed by atoms with Crippen LogP contribution in [-0.2, 0) is 16.0 Å². The number of aryl methyl sites for hydroxylation is 1. The van der Waals surface area contributed by atoms with Crippen molar-refractivity contribution in [3.63, 3.8) is 0 Å². The number of carbonyl (C=O) groups excluding carboxylic acids is 1. The largest absolute Gasteiger partial charge is 0.466 e. The van der Waals surface area contributed by atoms with Gasteiger partial charge in [0, 0.05) is 4.88 Å². The van der Waals surface area contributed by atoms with Gasteiger partial charge in [0.2, 0.25) is 5.28 Å². The van der Waals surface area contributed by atoms with E-state index in [2.05, 4.69) is 9.97 Å². The smallest absolute Gasteiger partial charge is 0.306 e. The number of esters is 1. The van der Waals surface area contributed by atoms with Gasteiger partial charge in [-0.1, -0.05) is 11.6 Å². The van der Waals surface area contributed by atoms with E-state index < -0.39 is 0 Å². The maximum Gasteiger partial charge on any atom is 0.306 e. The van der Waals surface area contributed by atoms with Gasteiger partial charge in [-0.3, -0.25) is 4.79 Å². The van der Waals surface area contributed by atoms with E-state index in [9.17, 15) is 4.79 Å². The minimum Gasteiger partial charge on any atom is -0.466 e. The molecule has 0 aliphatic heterocycles. The lowest BCUT2D eigenvalue weighted by molar-refractivity contribution is -0.143. The van der Waals surface area contributed by atoms with Crippen molar-refractivity contribution in [2.45, 2.75) is 32.1 Å². The summed E-state index contributed by atoms with van der Waals surface area (Å²) in [6, 6.07) is 0. The number of ether oxygens (including phenoxy) is 1. The molecule has 1 atom stereocenters. The molecule has 2 heterocycles. The fourth-order valence-corrected chi connectivity index (χ4v) is 4.56. The molecule has 0 radical (unpaired) electrons. The number of rotatable bonds is 3. The monoisotopic (exact) mass is 330 g/mol. The number of aromatic nitrogens is 2. The van der Waals surface area contributed by atoms with Gasteiger partial charge >= 0.3 is 5.97 Å². The zero-order valence-electron chi connectivity index (χ0n) is 10.8. The third-order valence-electron chi connectivity index (χ3n) is 3.44. The Labute approximate surface area is 130 Å². The van der Waals surface area contributed by atoms with E-state index in [1.165, 1.54) is 4.88 Å².